The van der Waals surface area contributed by atoms with Gasteiger partial charge < -0.3 is 11.1 Å². The maximum atomic E-state index is 12.9. The summed E-state index contributed by atoms with van der Waals surface area (Å²) in [4.78, 5) is 24.1. The van der Waals surface area contributed by atoms with E-state index in [-0.39, 0.29) is 10.6 Å². The lowest BCUT2D eigenvalue weighted by molar-refractivity contribution is -0.137. The monoisotopic (exact) mass is 328 g/mol. The molecule has 4 nitrogen and oxygen atoms in total. The number of hydrogen-bond acceptors (Lipinski definition) is 3. The van der Waals surface area contributed by atoms with Crippen LogP contribution in [0.3, 0.4) is 0 Å². The third-order valence-corrected chi connectivity index (χ3v) is 3.79. The van der Waals surface area contributed by atoms with Crippen molar-refractivity contribution in [1.82, 2.24) is 0 Å². The maximum absolute atomic E-state index is 12.9. The van der Waals surface area contributed by atoms with E-state index < -0.39 is 29.1 Å². The first-order valence-electron chi connectivity index (χ1n) is 6.08. The second-order valence-electron chi connectivity index (χ2n) is 4.46. The highest BCUT2D eigenvalue weighted by molar-refractivity contribution is 7.16. The van der Waals surface area contributed by atoms with Gasteiger partial charge >= 0.3 is 6.18 Å². The summed E-state index contributed by atoms with van der Waals surface area (Å²) in [5, 5.41) is 2.45. The molecule has 1 aromatic carbocycles. The molecule has 0 bridgehead atoms. The first kappa shape index (κ1) is 16.0. The number of benzene rings is 1. The van der Waals surface area contributed by atoms with Gasteiger partial charge in [0, 0.05) is 4.88 Å². The SMILES string of the molecule is Cc1cc(C(N)=O)c(NC(=O)c2ccccc2C(F)(F)F)s1. The van der Waals surface area contributed by atoms with Gasteiger partial charge in [0.05, 0.1) is 16.7 Å². The van der Waals surface area contributed by atoms with Gasteiger partial charge in [-0.15, -0.1) is 11.3 Å². The summed E-state index contributed by atoms with van der Waals surface area (Å²) >= 11 is 1.07. The van der Waals surface area contributed by atoms with Gasteiger partial charge in [0.15, 0.2) is 0 Å². The number of nitrogens with two attached hydrogens (primary N) is 1. The summed E-state index contributed by atoms with van der Waals surface area (Å²) in [7, 11) is 0. The normalized spacial score (nSPS) is 11.3. The van der Waals surface area contributed by atoms with E-state index in [2.05, 4.69) is 5.32 Å². The quantitative estimate of drug-likeness (QED) is 0.906. The molecule has 0 saturated heterocycles. The van der Waals surface area contributed by atoms with Gasteiger partial charge in [0.1, 0.15) is 5.00 Å². The lowest BCUT2D eigenvalue weighted by Gasteiger charge is -2.12. The molecule has 0 saturated carbocycles. The number of primary amides is 1. The first-order valence-corrected chi connectivity index (χ1v) is 6.89. The summed E-state index contributed by atoms with van der Waals surface area (Å²) in [6.45, 7) is 1.69. The van der Waals surface area contributed by atoms with Crippen molar-refractivity contribution in [2.75, 3.05) is 5.32 Å². The largest absolute Gasteiger partial charge is 0.417 e. The topological polar surface area (TPSA) is 72.2 Å². The van der Waals surface area contributed by atoms with Crippen LogP contribution in [0.25, 0.3) is 0 Å². The molecule has 0 fully saturated rings. The molecule has 0 aliphatic carbocycles. The molecule has 0 unspecified atom stereocenters. The molecule has 8 heteroatoms. The van der Waals surface area contributed by atoms with Crippen LogP contribution in [0.1, 0.15) is 31.2 Å². The Balaban J connectivity index is 2.37. The van der Waals surface area contributed by atoms with E-state index in [9.17, 15) is 22.8 Å². The number of thiophene rings is 1. The smallest absolute Gasteiger partial charge is 0.366 e. The molecule has 1 heterocycles. The zero-order chi connectivity index (χ0) is 16.5. The van der Waals surface area contributed by atoms with Crippen molar-refractivity contribution in [3.63, 3.8) is 0 Å². The third-order valence-electron chi connectivity index (χ3n) is 2.82. The van der Waals surface area contributed by atoms with Crippen LogP contribution in [0.5, 0.6) is 0 Å². The van der Waals surface area contributed by atoms with Crippen molar-refractivity contribution in [3.05, 3.63) is 51.9 Å². The van der Waals surface area contributed by atoms with Crippen LogP contribution in [0, 0.1) is 6.92 Å². The standard InChI is InChI=1S/C14H11F3N2O2S/c1-7-6-9(11(18)20)13(22-7)19-12(21)8-4-2-3-5-10(8)14(15,16)17/h2-6H,1H3,(H2,18,20)(H,19,21). The molecular formula is C14H11F3N2O2S. The van der Waals surface area contributed by atoms with E-state index in [4.69, 9.17) is 5.73 Å². The summed E-state index contributed by atoms with van der Waals surface area (Å²) in [5.41, 5.74) is 3.69. The molecule has 0 aliphatic rings. The van der Waals surface area contributed by atoms with Crippen LogP contribution in [0.2, 0.25) is 0 Å². The van der Waals surface area contributed by atoms with Gasteiger partial charge in [-0.2, -0.15) is 13.2 Å². The Kier molecular flexibility index (Phi) is 4.23. The predicted molar refractivity (Wildman–Crippen MR) is 77.0 cm³/mol. The van der Waals surface area contributed by atoms with E-state index in [0.717, 1.165) is 23.5 Å². The highest BCUT2D eigenvalue weighted by Gasteiger charge is 2.35. The zero-order valence-corrected chi connectivity index (χ0v) is 12.1. The molecule has 0 aliphatic heterocycles. The molecule has 3 N–H and O–H groups in total. The van der Waals surface area contributed by atoms with Gasteiger partial charge in [0.2, 0.25) is 0 Å². The first-order chi connectivity index (χ1) is 10.2. The molecule has 0 radical (unpaired) electrons. The van der Waals surface area contributed by atoms with Crippen LogP contribution in [0.4, 0.5) is 18.2 Å². The zero-order valence-electron chi connectivity index (χ0n) is 11.3. The number of hydrogen-bond donors (Lipinski definition) is 2. The van der Waals surface area contributed by atoms with Crippen molar-refractivity contribution in [3.8, 4) is 0 Å². The molecule has 2 rings (SSSR count). The van der Waals surface area contributed by atoms with Crippen LogP contribution in [0.15, 0.2) is 30.3 Å². The van der Waals surface area contributed by atoms with E-state index in [1.807, 2.05) is 0 Å². The van der Waals surface area contributed by atoms with Gasteiger partial charge in [-0.25, -0.2) is 0 Å². The van der Waals surface area contributed by atoms with Crippen LogP contribution in [-0.4, -0.2) is 11.8 Å². The van der Waals surface area contributed by atoms with Crippen molar-refractivity contribution >= 4 is 28.2 Å². The lowest BCUT2D eigenvalue weighted by Crippen LogP contribution is -2.20. The molecule has 2 amide bonds. The highest BCUT2D eigenvalue weighted by atomic mass is 32.1. The van der Waals surface area contributed by atoms with Gasteiger partial charge in [-0.3, -0.25) is 9.59 Å². The number of rotatable bonds is 3. The molecule has 22 heavy (non-hydrogen) atoms. The number of anilines is 1. The minimum absolute atomic E-state index is 0.0698. The van der Waals surface area contributed by atoms with Crippen LogP contribution < -0.4 is 11.1 Å². The number of amides is 2. The average Bonchev–Trinajstić information content (AvgIpc) is 2.79. The fraction of sp³-hybridized carbons (Fsp3) is 0.143. The fourth-order valence-corrected chi connectivity index (χ4v) is 2.80. The Morgan fingerprint density at radius 1 is 1.18 bits per heavy atom. The lowest BCUT2D eigenvalue weighted by atomic mass is 10.1. The van der Waals surface area contributed by atoms with Gasteiger partial charge in [0.25, 0.3) is 11.8 Å². The van der Waals surface area contributed by atoms with Gasteiger partial charge in [-0.1, -0.05) is 12.1 Å². The van der Waals surface area contributed by atoms with Crippen molar-refractivity contribution in [1.29, 1.82) is 0 Å². The Morgan fingerprint density at radius 2 is 1.82 bits per heavy atom. The number of carbonyl (C=O) groups excluding carboxylic acids is 2. The second-order valence-corrected chi connectivity index (χ2v) is 5.72. The fourth-order valence-electron chi connectivity index (χ4n) is 1.89. The number of halogens is 3. The number of nitrogens with one attached hydrogen (secondary N) is 1. The molecule has 0 atom stereocenters. The Morgan fingerprint density at radius 3 is 2.41 bits per heavy atom. The van der Waals surface area contributed by atoms with Crippen molar-refractivity contribution < 1.29 is 22.8 Å². The predicted octanol–water partition coefficient (Wildman–Crippen LogP) is 3.43. The van der Waals surface area contributed by atoms with E-state index >= 15 is 0 Å². The minimum Gasteiger partial charge on any atom is -0.366 e. The number of alkyl halides is 3. The summed E-state index contributed by atoms with van der Waals surface area (Å²) in [5.74, 6) is -1.71. The molecule has 1 aromatic heterocycles. The Labute approximate surface area is 127 Å². The molecule has 2 aromatic rings. The Bertz CT molecular complexity index is 738. The van der Waals surface area contributed by atoms with E-state index in [0.29, 0.717) is 4.88 Å². The van der Waals surface area contributed by atoms with E-state index in [1.165, 1.54) is 18.2 Å². The summed E-state index contributed by atoms with van der Waals surface area (Å²) in [6.07, 6.45) is -4.65. The third kappa shape index (κ3) is 3.28. The highest BCUT2D eigenvalue weighted by Crippen LogP contribution is 2.33. The maximum Gasteiger partial charge on any atom is 0.417 e. The number of carbonyl (C=O) groups is 2. The second kappa shape index (κ2) is 5.80. The van der Waals surface area contributed by atoms with E-state index in [1.54, 1.807) is 6.92 Å². The molecular weight excluding hydrogens is 317 g/mol. The molecule has 116 valence electrons. The molecule has 0 spiro atoms. The summed E-state index contributed by atoms with van der Waals surface area (Å²) < 4.78 is 38.7. The summed E-state index contributed by atoms with van der Waals surface area (Å²) in [6, 6.07) is 5.90. The van der Waals surface area contributed by atoms with Crippen molar-refractivity contribution in [2.45, 2.75) is 13.1 Å². The van der Waals surface area contributed by atoms with Crippen molar-refractivity contribution in [2.24, 2.45) is 5.73 Å². The Hall–Kier alpha value is -2.35. The minimum atomic E-state index is -4.65. The van der Waals surface area contributed by atoms with Crippen LogP contribution >= 0.6 is 11.3 Å². The number of aryl methyl sites for hydroxylation is 1. The van der Waals surface area contributed by atoms with Crippen LogP contribution in [-0.2, 0) is 6.18 Å². The van der Waals surface area contributed by atoms with Gasteiger partial charge in [-0.05, 0) is 25.1 Å². The average molecular weight is 328 g/mol.